The molecule has 0 unspecified atom stereocenters. The molecule has 1 atom stereocenters. The van der Waals surface area contributed by atoms with Gasteiger partial charge in [-0.2, -0.15) is 0 Å². The van der Waals surface area contributed by atoms with Crippen LogP contribution in [0.1, 0.15) is 36.2 Å². The Kier molecular flexibility index (Phi) is 4.43. The van der Waals surface area contributed by atoms with E-state index >= 15 is 0 Å². The van der Waals surface area contributed by atoms with Gasteiger partial charge in [0.15, 0.2) is 0 Å². The SMILES string of the molecule is Cc1cc(N[C@H]2CCOC2)ccc1C(=O)NC(C)C. The fraction of sp³-hybridized carbons (Fsp3) is 0.533. The standard InChI is InChI=1S/C15H22N2O2/c1-10(2)16-15(18)14-5-4-12(8-11(14)3)17-13-6-7-19-9-13/h4-5,8,10,13,17H,6-7,9H2,1-3H3,(H,16,18)/t13-/m0/s1. The second-order valence-corrected chi connectivity index (χ2v) is 5.36. The van der Waals surface area contributed by atoms with Gasteiger partial charge in [-0.25, -0.2) is 0 Å². The quantitative estimate of drug-likeness (QED) is 0.875. The van der Waals surface area contributed by atoms with E-state index in [-0.39, 0.29) is 11.9 Å². The number of hydrogen-bond acceptors (Lipinski definition) is 3. The van der Waals surface area contributed by atoms with Crippen molar-refractivity contribution in [1.82, 2.24) is 5.32 Å². The lowest BCUT2D eigenvalue weighted by Crippen LogP contribution is -2.30. The molecule has 0 aromatic heterocycles. The van der Waals surface area contributed by atoms with Crippen molar-refractivity contribution >= 4 is 11.6 Å². The Morgan fingerprint density at radius 2 is 2.21 bits per heavy atom. The number of carbonyl (C=O) groups is 1. The summed E-state index contributed by atoms with van der Waals surface area (Å²) in [5.41, 5.74) is 2.78. The van der Waals surface area contributed by atoms with Crippen LogP contribution in [0, 0.1) is 6.92 Å². The smallest absolute Gasteiger partial charge is 0.251 e. The predicted molar refractivity (Wildman–Crippen MR) is 76.6 cm³/mol. The van der Waals surface area contributed by atoms with Gasteiger partial charge in [-0.3, -0.25) is 4.79 Å². The number of ether oxygens (including phenoxy) is 1. The molecule has 1 fully saturated rings. The molecule has 4 heteroatoms. The van der Waals surface area contributed by atoms with Crippen LogP contribution in [0.3, 0.4) is 0 Å². The molecule has 0 spiro atoms. The van der Waals surface area contributed by atoms with Gasteiger partial charge in [0, 0.05) is 23.9 Å². The summed E-state index contributed by atoms with van der Waals surface area (Å²) in [6.07, 6.45) is 1.04. The minimum absolute atomic E-state index is 0.0109. The number of anilines is 1. The minimum Gasteiger partial charge on any atom is -0.380 e. The Hall–Kier alpha value is -1.55. The third kappa shape index (κ3) is 3.70. The van der Waals surface area contributed by atoms with Crippen molar-refractivity contribution in [2.75, 3.05) is 18.5 Å². The summed E-state index contributed by atoms with van der Waals surface area (Å²) in [5, 5.41) is 6.34. The van der Waals surface area contributed by atoms with Crippen LogP contribution in [0.15, 0.2) is 18.2 Å². The first kappa shape index (κ1) is 13.9. The zero-order valence-electron chi connectivity index (χ0n) is 11.8. The molecule has 1 aromatic rings. The highest BCUT2D eigenvalue weighted by atomic mass is 16.5. The van der Waals surface area contributed by atoms with E-state index in [4.69, 9.17) is 4.74 Å². The molecule has 0 saturated carbocycles. The summed E-state index contributed by atoms with van der Waals surface area (Å²) in [6, 6.07) is 6.40. The van der Waals surface area contributed by atoms with Gasteiger partial charge < -0.3 is 15.4 Å². The third-order valence-electron chi connectivity index (χ3n) is 3.19. The number of nitrogens with one attached hydrogen (secondary N) is 2. The summed E-state index contributed by atoms with van der Waals surface area (Å²) in [7, 11) is 0. The summed E-state index contributed by atoms with van der Waals surface area (Å²) in [4.78, 5) is 12.0. The van der Waals surface area contributed by atoms with Gasteiger partial charge in [-0.05, 0) is 51.0 Å². The molecule has 0 bridgehead atoms. The molecule has 1 heterocycles. The molecule has 4 nitrogen and oxygen atoms in total. The summed E-state index contributed by atoms with van der Waals surface area (Å²) < 4.78 is 5.34. The minimum atomic E-state index is -0.0109. The normalized spacial score (nSPS) is 18.6. The highest BCUT2D eigenvalue weighted by Gasteiger charge is 2.16. The van der Waals surface area contributed by atoms with Crippen molar-refractivity contribution in [3.05, 3.63) is 29.3 Å². The summed E-state index contributed by atoms with van der Waals surface area (Å²) in [6.45, 7) is 7.47. The predicted octanol–water partition coefficient (Wildman–Crippen LogP) is 2.33. The molecule has 19 heavy (non-hydrogen) atoms. The van der Waals surface area contributed by atoms with Gasteiger partial charge in [0.25, 0.3) is 5.91 Å². The van der Waals surface area contributed by atoms with Gasteiger partial charge in [0.2, 0.25) is 0 Å². The molecule has 1 aliphatic rings. The first-order valence-corrected chi connectivity index (χ1v) is 6.82. The summed E-state index contributed by atoms with van der Waals surface area (Å²) >= 11 is 0. The van der Waals surface area contributed by atoms with Crippen molar-refractivity contribution < 1.29 is 9.53 Å². The molecule has 1 saturated heterocycles. The highest BCUT2D eigenvalue weighted by molar-refractivity contribution is 5.96. The maximum absolute atomic E-state index is 12.0. The maximum Gasteiger partial charge on any atom is 0.251 e. The Labute approximate surface area is 114 Å². The molecule has 2 N–H and O–H groups in total. The molecule has 2 rings (SSSR count). The fourth-order valence-electron chi connectivity index (χ4n) is 2.23. The van der Waals surface area contributed by atoms with Crippen LogP contribution in [-0.2, 0) is 4.74 Å². The fourth-order valence-corrected chi connectivity index (χ4v) is 2.23. The number of carbonyl (C=O) groups excluding carboxylic acids is 1. The first-order valence-electron chi connectivity index (χ1n) is 6.82. The lowest BCUT2D eigenvalue weighted by Gasteiger charge is -2.15. The van der Waals surface area contributed by atoms with E-state index in [2.05, 4.69) is 10.6 Å². The van der Waals surface area contributed by atoms with Crippen LogP contribution in [0.5, 0.6) is 0 Å². The van der Waals surface area contributed by atoms with Crippen molar-refractivity contribution in [3.8, 4) is 0 Å². The van der Waals surface area contributed by atoms with E-state index in [1.54, 1.807) is 0 Å². The van der Waals surface area contributed by atoms with Crippen molar-refractivity contribution in [2.45, 2.75) is 39.3 Å². The average Bonchev–Trinajstić information content (AvgIpc) is 2.80. The van der Waals surface area contributed by atoms with Gasteiger partial charge in [0.05, 0.1) is 12.6 Å². The topological polar surface area (TPSA) is 50.4 Å². The van der Waals surface area contributed by atoms with E-state index < -0.39 is 0 Å². The van der Waals surface area contributed by atoms with Crippen molar-refractivity contribution in [3.63, 3.8) is 0 Å². The Morgan fingerprint density at radius 1 is 1.42 bits per heavy atom. The number of rotatable bonds is 4. The van der Waals surface area contributed by atoms with Crippen LogP contribution in [0.4, 0.5) is 5.69 Å². The lowest BCUT2D eigenvalue weighted by molar-refractivity contribution is 0.0942. The van der Waals surface area contributed by atoms with Crippen LogP contribution < -0.4 is 10.6 Å². The van der Waals surface area contributed by atoms with E-state index in [0.29, 0.717) is 6.04 Å². The second-order valence-electron chi connectivity index (χ2n) is 5.36. The number of aryl methyl sites for hydroxylation is 1. The molecule has 104 valence electrons. The van der Waals surface area contributed by atoms with Crippen LogP contribution >= 0.6 is 0 Å². The summed E-state index contributed by atoms with van der Waals surface area (Å²) in [5.74, 6) is -0.0109. The number of amides is 1. The van der Waals surface area contributed by atoms with Crippen LogP contribution in [0.2, 0.25) is 0 Å². The molecule has 0 radical (unpaired) electrons. The van der Waals surface area contributed by atoms with Crippen LogP contribution in [-0.4, -0.2) is 31.2 Å². The number of hydrogen-bond donors (Lipinski definition) is 2. The van der Waals surface area contributed by atoms with E-state index in [9.17, 15) is 4.79 Å². The molecular formula is C15H22N2O2. The molecular weight excluding hydrogens is 240 g/mol. The molecule has 0 aliphatic carbocycles. The second kappa shape index (κ2) is 6.06. The van der Waals surface area contributed by atoms with Gasteiger partial charge in [0.1, 0.15) is 0 Å². The lowest BCUT2D eigenvalue weighted by atomic mass is 10.1. The monoisotopic (exact) mass is 262 g/mol. The van der Waals surface area contributed by atoms with Crippen molar-refractivity contribution in [1.29, 1.82) is 0 Å². The third-order valence-corrected chi connectivity index (χ3v) is 3.19. The maximum atomic E-state index is 12.0. The Balaban J connectivity index is 2.05. The Bertz CT molecular complexity index is 451. The van der Waals surface area contributed by atoms with Gasteiger partial charge >= 0.3 is 0 Å². The van der Waals surface area contributed by atoms with Gasteiger partial charge in [-0.1, -0.05) is 0 Å². The largest absolute Gasteiger partial charge is 0.380 e. The Morgan fingerprint density at radius 3 is 2.79 bits per heavy atom. The molecule has 1 aromatic carbocycles. The van der Waals surface area contributed by atoms with Crippen molar-refractivity contribution in [2.24, 2.45) is 0 Å². The number of benzene rings is 1. The van der Waals surface area contributed by atoms with E-state index in [1.807, 2.05) is 39.0 Å². The highest BCUT2D eigenvalue weighted by Crippen LogP contribution is 2.18. The molecule has 1 amide bonds. The average molecular weight is 262 g/mol. The zero-order valence-corrected chi connectivity index (χ0v) is 11.8. The van der Waals surface area contributed by atoms with E-state index in [1.165, 1.54) is 0 Å². The van der Waals surface area contributed by atoms with Crippen LogP contribution in [0.25, 0.3) is 0 Å². The molecule has 1 aliphatic heterocycles. The zero-order chi connectivity index (χ0) is 13.8. The van der Waals surface area contributed by atoms with Gasteiger partial charge in [-0.15, -0.1) is 0 Å². The van der Waals surface area contributed by atoms with E-state index in [0.717, 1.165) is 36.4 Å². The first-order chi connectivity index (χ1) is 9.06.